The van der Waals surface area contributed by atoms with Crippen molar-refractivity contribution >= 4 is 28.5 Å². The van der Waals surface area contributed by atoms with E-state index in [1.807, 2.05) is 43.9 Å². The van der Waals surface area contributed by atoms with Gasteiger partial charge in [-0.1, -0.05) is 6.07 Å². The van der Waals surface area contributed by atoms with Crippen LogP contribution in [0.5, 0.6) is 0 Å². The van der Waals surface area contributed by atoms with Gasteiger partial charge in [-0.3, -0.25) is 0 Å². The number of fused-ring (bicyclic) bond motifs is 1. The number of rotatable bonds is 2. The second-order valence-electron chi connectivity index (χ2n) is 7.70. The van der Waals surface area contributed by atoms with Crippen LogP contribution < -0.4 is 5.32 Å². The third kappa shape index (κ3) is 3.19. The molecule has 4 heterocycles. The van der Waals surface area contributed by atoms with Gasteiger partial charge < -0.3 is 14.8 Å². The van der Waals surface area contributed by atoms with Gasteiger partial charge in [0.2, 0.25) is 0 Å². The average Bonchev–Trinajstić information content (AvgIpc) is 3.31. The van der Waals surface area contributed by atoms with Gasteiger partial charge in [0.05, 0.1) is 10.9 Å². The molecule has 0 saturated carbocycles. The van der Waals surface area contributed by atoms with Gasteiger partial charge in [-0.05, 0) is 50.8 Å². The third-order valence-corrected chi connectivity index (χ3v) is 5.35. The number of thiophene rings is 1. The highest BCUT2D eigenvalue weighted by atomic mass is 32.1. The van der Waals surface area contributed by atoms with Crippen LogP contribution in [0, 0.1) is 0 Å². The molecule has 1 fully saturated rings. The summed E-state index contributed by atoms with van der Waals surface area (Å²) < 4.78 is 2.21. The van der Waals surface area contributed by atoms with Crippen LogP contribution in [-0.4, -0.2) is 44.1 Å². The zero-order chi connectivity index (χ0) is 18.3. The topological polar surface area (TPSA) is 63.1 Å². The predicted octanol–water partition coefficient (Wildman–Crippen LogP) is 3.91. The number of amides is 2. The van der Waals surface area contributed by atoms with Crippen molar-refractivity contribution in [3.63, 3.8) is 0 Å². The maximum absolute atomic E-state index is 12.5. The van der Waals surface area contributed by atoms with E-state index < -0.39 is 0 Å². The Balaban J connectivity index is 1.67. The molecule has 3 aromatic heterocycles. The van der Waals surface area contributed by atoms with E-state index in [2.05, 4.69) is 26.3 Å². The number of carbonyl (C=O) groups is 1. The first-order chi connectivity index (χ1) is 12.4. The number of urea groups is 1. The zero-order valence-corrected chi connectivity index (χ0v) is 16.1. The monoisotopic (exact) mass is 369 g/mol. The molecule has 136 valence electrons. The summed E-state index contributed by atoms with van der Waals surface area (Å²) in [5, 5.41) is 5.11. The number of pyridine rings is 1. The SMILES string of the molecule is CC(C)(C)NC(=O)N1CC[C@H](n2c(-c3cccs3)nc3cccnc32)C1. The number of nitrogens with one attached hydrogen (secondary N) is 1. The second kappa shape index (κ2) is 6.39. The standard InChI is InChI=1S/C19H23N5OS/c1-19(2,3)22-18(25)23-10-8-13(12-23)24-16-14(6-4-9-20-16)21-17(24)15-7-5-11-26-15/h4-7,9,11,13H,8,10,12H2,1-3H3,(H,22,25)/t13-/m0/s1. The lowest BCUT2D eigenvalue weighted by Gasteiger charge is -2.25. The molecule has 1 N–H and O–H groups in total. The van der Waals surface area contributed by atoms with Crippen LogP contribution in [0.25, 0.3) is 21.9 Å². The molecule has 0 unspecified atom stereocenters. The van der Waals surface area contributed by atoms with Crippen molar-refractivity contribution in [2.24, 2.45) is 0 Å². The Morgan fingerprint density at radius 3 is 2.88 bits per heavy atom. The quantitative estimate of drug-likeness (QED) is 0.745. The summed E-state index contributed by atoms with van der Waals surface area (Å²) in [5.74, 6) is 0.941. The lowest BCUT2D eigenvalue weighted by molar-refractivity contribution is 0.198. The fourth-order valence-corrected chi connectivity index (χ4v) is 4.10. The van der Waals surface area contributed by atoms with Gasteiger partial charge in [0.1, 0.15) is 5.52 Å². The predicted molar refractivity (Wildman–Crippen MR) is 104 cm³/mol. The summed E-state index contributed by atoms with van der Waals surface area (Å²) >= 11 is 1.68. The van der Waals surface area contributed by atoms with Crippen molar-refractivity contribution < 1.29 is 4.79 Å². The summed E-state index contributed by atoms with van der Waals surface area (Å²) in [6.07, 6.45) is 2.70. The minimum Gasteiger partial charge on any atom is -0.333 e. The highest BCUT2D eigenvalue weighted by Gasteiger charge is 2.32. The van der Waals surface area contributed by atoms with Crippen molar-refractivity contribution in [2.75, 3.05) is 13.1 Å². The van der Waals surface area contributed by atoms with Gasteiger partial charge in [-0.2, -0.15) is 0 Å². The number of hydrogen-bond donors (Lipinski definition) is 1. The molecular formula is C19H23N5OS. The van der Waals surface area contributed by atoms with Crippen molar-refractivity contribution in [3.05, 3.63) is 35.8 Å². The molecule has 26 heavy (non-hydrogen) atoms. The van der Waals surface area contributed by atoms with Gasteiger partial charge in [-0.15, -0.1) is 11.3 Å². The first kappa shape index (κ1) is 17.0. The Morgan fingerprint density at radius 1 is 1.31 bits per heavy atom. The Kier molecular flexibility index (Phi) is 4.19. The van der Waals surface area contributed by atoms with Crippen molar-refractivity contribution in [1.29, 1.82) is 0 Å². The number of likely N-dealkylation sites (tertiary alicyclic amines) is 1. The molecule has 0 aromatic carbocycles. The summed E-state index contributed by atoms with van der Waals surface area (Å²) in [5.41, 5.74) is 1.55. The van der Waals surface area contributed by atoms with Crippen LogP contribution in [0.3, 0.4) is 0 Å². The fraction of sp³-hybridized carbons (Fsp3) is 0.421. The summed E-state index contributed by atoms with van der Waals surface area (Å²) in [7, 11) is 0. The molecule has 1 atom stereocenters. The lowest BCUT2D eigenvalue weighted by Crippen LogP contribution is -2.47. The second-order valence-corrected chi connectivity index (χ2v) is 8.65. The van der Waals surface area contributed by atoms with Crippen LogP contribution >= 0.6 is 11.3 Å². The summed E-state index contributed by atoms with van der Waals surface area (Å²) in [4.78, 5) is 24.9. The average molecular weight is 369 g/mol. The molecule has 0 spiro atoms. The lowest BCUT2D eigenvalue weighted by atomic mass is 10.1. The Labute approximate surface area is 156 Å². The molecule has 0 bridgehead atoms. The molecular weight excluding hydrogens is 346 g/mol. The molecule has 6 nitrogen and oxygen atoms in total. The number of hydrogen-bond acceptors (Lipinski definition) is 4. The molecule has 0 radical (unpaired) electrons. The molecule has 1 saturated heterocycles. The van der Waals surface area contributed by atoms with Gasteiger partial charge in [0.25, 0.3) is 0 Å². The van der Waals surface area contributed by atoms with Crippen LogP contribution in [0.2, 0.25) is 0 Å². The number of carbonyl (C=O) groups excluding carboxylic acids is 1. The summed E-state index contributed by atoms with van der Waals surface area (Å²) in [6.45, 7) is 7.41. The van der Waals surface area contributed by atoms with Gasteiger partial charge in [0.15, 0.2) is 11.5 Å². The first-order valence-electron chi connectivity index (χ1n) is 8.86. The normalized spacial score (nSPS) is 17.8. The van der Waals surface area contributed by atoms with Gasteiger partial charge in [-0.25, -0.2) is 14.8 Å². The highest BCUT2D eigenvalue weighted by molar-refractivity contribution is 7.13. The molecule has 0 aliphatic carbocycles. The van der Waals surface area contributed by atoms with Crippen molar-refractivity contribution in [2.45, 2.75) is 38.8 Å². The molecule has 2 amide bonds. The van der Waals surface area contributed by atoms with Crippen LogP contribution in [0.4, 0.5) is 4.79 Å². The molecule has 7 heteroatoms. The minimum absolute atomic E-state index is 0.00458. The van der Waals surface area contributed by atoms with E-state index in [9.17, 15) is 4.79 Å². The van der Waals surface area contributed by atoms with Gasteiger partial charge in [0, 0.05) is 24.8 Å². The van der Waals surface area contributed by atoms with Crippen molar-refractivity contribution in [3.8, 4) is 10.7 Å². The number of imidazole rings is 1. The largest absolute Gasteiger partial charge is 0.333 e. The smallest absolute Gasteiger partial charge is 0.317 e. The Hall–Kier alpha value is -2.41. The fourth-order valence-electron chi connectivity index (χ4n) is 3.39. The number of nitrogens with zero attached hydrogens (tertiary/aromatic N) is 4. The van der Waals surface area contributed by atoms with Crippen LogP contribution in [0.1, 0.15) is 33.2 Å². The summed E-state index contributed by atoms with van der Waals surface area (Å²) in [6, 6.07) is 8.20. The van der Waals surface area contributed by atoms with E-state index in [0.717, 1.165) is 34.8 Å². The minimum atomic E-state index is -0.236. The van der Waals surface area contributed by atoms with E-state index in [-0.39, 0.29) is 17.6 Å². The third-order valence-electron chi connectivity index (χ3n) is 4.49. The number of aromatic nitrogens is 3. The van der Waals surface area contributed by atoms with Gasteiger partial charge >= 0.3 is 6.03 Å². The maximum atomic E-state index is 12.5. The van der Waals surface area contributed by atoms with Crippen molar-refractivity contribution in [1.82, 2.24) is 24.8 Å². The molecule has 1 aliphatic heterocycles. The Bertz CT molecular complexity index is 925. The van der Waals surface area contributed by atoms with E-state index in [4.69, 9.17) is 4.98 Å². The van der Waals surface area contributed by atoms with E-state index >= 15 is 0 Å². The molecule has 1 aliphatic rings. The molecule has 4 rings (SSSR count). The van der Waals surface area contributed by atoms with Crippen LogP contribution in [0.15, 0.2) is 35.8 Å². The van der Waals surface area contributed by atoms with E-state index in [0.29, 0.717) is 6.54 Å². The van der Waals surface area contributed by atoms with Crippen LogP contribution in [-0.2, 0) is 0 Å². The zero-order valence-electron chi connectivity index (χ0n) is 15.3. The highest BCUT2D eigenvalue weighted by Crippen LogP contribution is 2.33. The van der Waals surface area contributed by atoms with E-state index in [1.165, 1.54) is 0 Å². The molecule has 3 aromatic rings. The Morgan fingerprint density at radius 2 is 2.15 bits per heavy atom. The van der Waals surface area contributed by atoms with E-state index in [1.54, 1.807) is 17.5 Å². The first-order valence-corrected chi connectivity index (χ1v) is 9.74. The maximum Gasteiger partial charge on any atom is 0.317 e.